The molecule has 0 spiro atoms. The summed E-state index contributed by atoms with van der Waals surface area (Å²) in [5.41, 5.74) is 18.0. The Morgan fingerprint density at radius 3 is 1.55 bits per heavy atom. The number of benzene rings is 10. The molecule has 0 aliphatic heterocycles. The van der Waals surface area contributed by atoms with Crippen LogP contribution in [0, 0.1) is 5.92 Å². The summed E-state index contributed by atoms with van der Waals surface area (Å²) in [6, 6.07) is 91.5. The van der Waals surface area contributed by atoms with E-state index in [1.807, 2.05) is 0 Å². The standard InChI is InChI=1S/C65H47N/c1-4-17-46(18-5-1)47-33-38-56(39-34-47)66(58-28-15-22-51(44-58)50-21-14-23-53(43-50)60-31-16-20-49-19-10-11-29-59(49)60)57-40-35-48(36-41-57)52-37-42-62-61-30-12-13-32-63(61)65(64(62)45-52,54-24-6-2-7-25-54)55-26-8-3-9-27-55/h1-45,61,63H. The van der Waals surface area contributed by atoms with Gasteiger partial charge >= 0.3 is 0 Å². The van der Waals surface area contributed by atoms with E-state index >= 15 is 0 Å². The zero-order valence-corrected chi connectivity index (χ0v) is 36.6. The van der Waals surface area contributed by atoms with Crippen LogP contribution in [0.2, 0.25) is 0 Å². The first kappa shape index (κ1) is 39.3. The minimum absolute atomic E-state index is 0.262. The quantitative estimate of drug-likeness (QED) is 0.140. The second-order valence-electron chi connectivity index (χ2n) is 17.6. The maximum atomic E-state index is 2.49. The molecule has 12 rings (SSSR count). The topological polar surface area (TPSA) is 3.24 Å². The minimum atomic E-state index is -0.331. The second-order valence-corrected chi connectivity index (χ2v) is 17.6. The summed E-state index contributed by atoms with van der Waals surface area (Å²) in [5.74, 6) is 0.554. The molecule has 0 radical (unpaired) electrons. The molecule has 0 bridgehead atoms. The van der Waals surface area contributed by atoms with Crippen LogP contribution < -0.4 is 4.90 Å². The van der Waals surface area contributed by atoms with Crippen molar-refractivity contribution in [2.24, 2.45) is 5.92 Å². The van der Waals surface area contributed by atoms with E-state index < -0.39 is 0 Å². The molecule has 0 saturated heterocycles. The highest BCUT2D eigenvalue weighted by atomic mass is 15.1. The molecule has 1 nitrogen and oxygen atoms in total. The molecule has 0 N–H and O–H groups in total. The lowest BCUT2D eigenvalue weighted by molar-refractivity contribution is 0.457. The first-order valence-electron chi connectivity index (χ1n) is 23.1. The van der Waals surface area contributed by atoms with Crippen LogP contribution in [0.15, 0.2) is 273 Å². The normalized spacial score (nSPS) is 15.6. The molecular formula is C65H47N. The summed E-state index contributed by atoms with van der Waals surface area (Å²) >= 11 is 0. The summed E-state index contributed by atoms with van der Waals surface area (Å²) in [7, 11) is 0. The van der Waals surface area contributed by atoms with E-state index in [9.17, 15) is 0 Å². The van der Waals surface area contributed by atoms with Crippen LogP contribution in [0.25, 0.3) is 55.3 Å². The summed E-state index contributed by atoms with van der Waals surface area (Å²) < 4.78 is 0. The molecule has 2 aliphatic carbocycles. The third-order valence-corrected chi connectivity index (χ3v) is 14.0. The van der Waals surface area contributed by atoms with Gasteiger partial charge in [0.25, 0.3) is 0 Å². The molecule has 0 aromatic heterocycles. The fourth-order valence-electron chi connectivity index (χ4n) is 11.0. The van der Waals surface area contributed by atoms with E-state index in [4.69, 9.17) is 0 Å². The van der Waals surface area contributed by atoms with Crippen LogP contribution in [0.5, 0.6) is 0 Å². The molecule has 2 atom stereocenters. The maximum absolute atomic E-state index is 2.49. The number of fused-ring (bicyclic) bond motifs is 4. The van der Waals surface area contributed by atoms with Crippen molar-refractivity contribution in [3.05, 3.63) is 295 Å². The van der Waals surface area contributed by atoms with Crippen LogP contribution >= 0.6 is 0 Å². The van der Waals surface area contributed by atoms with E-state index in [1.165, 1.54) is 77.5 Å². The van der Waals surface area contributed by atoms with Gasteiger partial charge in [0.2, 0.25) is 0 Å². The lowest BCUT2D eigenvalue weighted by atomic mass is 9.63. The van der Waals surface area contributed by atoms with Gasteiger partial charge < -0.3 is 4.90 Å². The molecule has 312 valence electrons. The van der Waals surface area contributed by atoms with Gasteiger partial charge in [0, 0.05) is 28.9 Å². The molecule has 2 aliphatic rings. The Labute approximate surface area is 387 Å². The van der Waals surface area contributed by atoms with Gasteiger partial charge in [0.05, 0.1) is 5.41 Å². The molecule has 0 amide bonds. The van der Waals surface area contributed by atoms with Gasteiger partial charge in [-0.2, -0.15) is 0 Å². The molecule has 0 saturated carbocycles. The van der Waals surface area contributed by atoms with Crippen LogP contribution in [-0.4, -0.2) is 0 Å². The largest absolute Gasteiger partial charge is 0.310 e. The minimum Gasteiger partial charge on any atom is -0.310 e. The van der Waals surface area contributed by atoms with Gasteiger partial charge in [-0.25, -0.2) is 0 Å². The van der Waals surface area contributed by atoms with E-state index in [0.717, 1.165) is 17.1 Å². The monoisotopic (exact) mass is 841 g/mol. The predicted octanol–water partition coefficient (Wildman–Crippen LogP) is 17.2. The fourth-order valence-corrected chi connectivity index (χ4v) is 11.0. The average molecular weight is 842 g/mol. The van der Waals surface area contributed by atoms with Crippen molar-refractivity contribution < 1.29 is 0 Å². The summed E-state index contributed by atoms with van der Waals surface area (Å²) in [6.45, 7) is 0. The number of hydrogen-bond donors (Lipinski definition) is 0. The van der Waals surface area contributed by atoms with Crippen molar-refractivity contribution in [2.45, 2.75) is 11.3 Å². The third-order valence-electron chi connectivity index (χ3n) is 14.0. The highest BCUT2D eigenvalue weighted by molar-refractivity contribution is 5.97. The number of allylic oxidation sites excluding steroid dienone is 4. The van der Waals surface area contributed by atoms with Crippen LogP contribution in [0.1, 0.15) is 28.2 Å². The van der Waals surface area contributed by atoms with Gasteiger partial charge in [-0.3, -0.25) is 0 Å². The SMILES string of the molecule is C1=CC2c3ccc(-c4ccc(N(c5ccc(-c6ccccc6)cc5)c5cccc(-c6cccc(-c7cccc8ccccc78)c6)c5)cc4)cc3C(c3ccccc3)(c3ccccc3)C2C=C1. The molecular weight excluding hydrogens is 795 g/mol. The summed E-state index contributed by atoms with van der Waals surface area (Å²) in [4.78, 5) is 2.39. The predicted molar refractivity (Wildman–Crippen MR) is 278 cm³/mol. The van der Waals surface area contributed by atoms with Crippen LogP contribution in [0.4, 0.5) is 17.1 Å². The first-order chi connectivity index (χ1) is 32.7. The van der Waals surface area contributed by atoms with Crippen molar-refractivity contribution in [1.29, 1.82) is 0 Å². The van der Waals surface area contributed by atoms with E-state index in [0.29, 0.717) is 5.92 Å². The van der Waals surface area contributed by atoms with E-state index in [1.54, 1.807) is 0 Å². The molecule has 0 heterocycles. The fraction of sp³-hybridized carbons (Fsp3) is 0.0462. The van der Waals surface area contributed by atoms with Gasteiger partial charge in [-0.05, 0) is 126 Å². The van der Waals surface area contributed by atoms with Crippen molar-refractivity contribution in [3.8, 4) is 44.5 Å². The molecule has 66 heavy (non-hydrogen) atoms. The van der Waals surface area contributed by atoms with Crippen molar-refractivity contribution in [3.63, 3.8) is 0 Å². The van der Waals surface area contributed by atoms with Crippen molar-refractivity contribution in [1.82, 2.24) is 0 Å². The Morgan fingerprint density at radius 1 is 0.333 bits per heavy atom. The van der Waals surface area contributed by atoms with Crippen LogP contribution in [-0.2, 0) is 5.41 Å². The highest BCUT2D eigenvalue weighted by Crippen LogP contribution is 2.60. The Morgan fingerprint density at radius 2 is 0.833 bits per heavy atom. The zero-order chi connectivity index (χ0) is 43.9. The number of nitrogens with zero attached hydrogens (tertiary/aromatic N) is 1. The molecule has 10 aromatic carbocycles. The molecule has 1 heteroatoms. The average Bonchev–Trinajstić information content (AvgIpc) is 3.70. The summed E-state index contributed by atoms with van der Waals surface area (Å²) in [6.07, 6.45) is 9.32. The van der Waals surface area contributed by atoms with Crippen LogP contribution in [0.3, 0.4) is 0 Å². The highest BCUT2D eigenvalue weighted by Gasteiger charge is 2.52. The molecule has 10 aromatic rings. The first-order valence-corrected chi connectivity index (χ1v) is 23.1. The molecule has 0 fully saturated rings. The Hall–Kier alpha value is -8.26. The van der Waals surface area contributed by atoms with E-state index in [-0.39, 0.29) is 11.3 Å². The van der Waals surface area contributed by atoms with Crippen molar-refractivity contribution in [2.75, 3.05) is 4.90 Å². The maximum Gasteiger partial charge on any atom is 0.0525 e. The summed E-state index contributed by atoms with van der Waals surface area (Å²) in [5, 5.41) is 2.51. The lowest BCUT2D eigenvalue weighted by Gasteiger charge is -2.39. The lowest BCUT2D eigenvalue weighted by Crippen LogP contribution is -2.35. The van der Waals surface area contributed by atoms with Gasteiger partial charge in [-0.1, -0.05) is 224 Å². The second kappa shape index (κ2) is 16.7. The van der Waals surface area contributed by atoms with Gasteiger partial charge in [0.1, 0.15) is 0 Å². The molecule has 2 unspecified atom stereocenters. The van der Waals surface area contributed by atoms with Gasteiger partial charge in [-0.15, -0.1) is 0 Å². The number of anilines is 3. The number of rotatable bonds is 9. The third kappa shape index (κ3) is 6.80. The number of hydrogen-bond acceptors (Lipinski definition) is 1. The van der Waals surface area contributed by atoms with E-state index in [2.05, 4.69) is 278 Å². The Kier molecular flexibility index (Phi) is 9.95. The van der Waals surface area contributed by atoms with Crippen molar-refractivity contribution >= 4 is 27.8 Å². The van der Waals surface area contributed by atoms with Gasteiger partial charge in [0.15, 0.2) is 0 Å². The Balaban J connectivity index is 0.950. The Bertz CT molecular complexity index is 3360. The zero-order valence-electron chi connectivity index (χ0n) is 36.6. The smallest absolute Gasteiger partial charge is 0.0525 e.